The van der Waals surface area contributed by atoms with E-state index in [0.717, 1.165) is 12.1 Å². The molecule has 0 saturated carbocycles. The molecule has 0 amide bonds. The first-order valence-electron chi connectivity index (χ1n) is 5.74. The van der Waals surface area contributed by atoms with Gasteiger partial charge in [0.25, 0.3) is 0 Å². The summed E-state index contributed by atoms with van der Waals surface area (Å²) in [5, 5.41) is 2.76. The van der Waals surface area contributed by atoms with Crippen molar-refractivity contribution in [2.45, 2.75) is 13.0 Å². The van der Waals surface area contributed by atoms with E-state index in [1.807, 2.05) is 0 Å². The van der Waals surface area contributed by atoms with Crippen molar-refractivity contribution in [2.24, 2.45) is 0 Å². The summed E-state index contributed by atoms with van der Waals surface area (Å²) in [5.41, 5.74) is 1.03. The van der Waals surface area contributed by atoms with Crippen molar-refractivity contribution in [1.29, 1.82) is 0 Å². The maximum Gasteiger partial charge on any atom is 0.160 e. The zero-order valence-electron chi connectivity index (χ0n) is 10.4. The summed E-state index contributed by atoms with van der Waals surface area (Å²) in [6.45, 7) is 1.75. The second-order valence-electron chi connectivity index (χ2n) is 4.29. The van der Waals surface area contributed by atoms with Crippen LogP contribution in [0.25, 0.3) is 0 Å². The van der Waals surface area contributed by atoms with Gasteiger partial charge in [0.1, 0.15) is 0 Å². The lowest BCUT2D eigenvalue weighted by Crippen LogP contribution is -2.07. The Labute approximate surface area is 124 Å². The summed E-state index contributed by atoms with van der Waals surface area (Å²) >= 11 is 11.4. The smallest absolute Gasteiger partial charge is 0.160 e. The van der Waals surface area contributed by atoms with Gasteiger partial charge in [0.2, 0.25) is 0 Å². The van der Waals surface area contributed by atoms with Gasteiger partial charge in [0, 0.05) is 11.7 Å². The van der Waals surface area contributed by atoms with Crippen molar-refractivity contribution in [2.75, 3.05) is 5.32 Å². The van der Waals surface area contributed by atoms with Gasteiger partial charge in [-0.15, -0.1) is 0 Å². The Morgan fingerprint density at radius 1 is 0.950 bits per heavy atom. The third-order valence-corrected chi connectivity index (χ3v) is 3.36. The highest BCUT2D eigenvalue weighted by atomic mass is 35.5. The van der Waals surface area contributed by atoms with Gasteiger partial charge < -0.3 is 5.32 Å². The first-order chi connectivity index (χ1) is 9.38. The summed E-state index contributed by atoms with van der Waals surface area (Å²) in [6.07, 6.45) is 0. The summed E-state index contributed by atoms with van der Waals surface area (Å²) in [7, 11) is 0. The van der Waals surface area contributed by atoms with E-state index in [1.165, 1.54) is 18.2 Å². The fraction of sp³-hybridized carbons (Fsp3) is 0.143. The number of benzene rings is 2. The predicted octanol–water partition coefficient (Wildman–Crippen LogP) is 5.58. The highest BCUT2D eigenvalue weighted by Crippen LogP contribution is 2.29. The van der Waals surface area contributed by atoms with Gasteiger partial charge in [-0.3, -0.25) is 0 Å². The van der Waals surface area contributed by atoms with Gasteiger partial charge >= 0.3 is 0 Å². The number of anilines is 1. The monoisotopic (exact) mass is 319 g/mol. The van der Waals surface area contributed by atoms with Gasteiger partial charge in [-0.2, -0.15) is 0 Å². The molecule has 0 aromatic heterocycles. The molecular weight excluding hydrogens is 310 g/mol. The van der Waals surface area contributed by atoms with E-state index in [9.17, 15) is 13.2 Å². The van der Waals surface area contributed by atoms with Crippen LogP contribution < -0.4 is 5.32 Å². The van der Waals surface area contributed by atoms with E-state index >= 15 is 0 Å². The highest BCUT2D eigenvalue weighted by molar-refractivity contribution is 6.35. The molecule has 6 heteroatoms. The molecule has 2 aromatic carbocycles. The second kappa shape index (κ2) is 5.94. The first kappa shape index (κ1) is 15.0. The van der Waals surface area contributed by atoms with Crippen molar-refractivity contribution < 1.29 is 13.2 Å². The minimum atomic E-state index is -0.925. The summed E-state index contributed by atoms with van der Waals surface area (Å²) in [5.74, 6) is -2.53. The van der Waals surface area contributed by atoms with E-state index in [0.29, 0.717) is 11.3 Å². The van der Waals surface area contributed by atoms with E-state index in [2.05, 4.69) is 5.32 Å². The third kappa shape index (κ3) is 3.19. The lowest BCUT2D eigenvalue weighted by Gasteiger charge is -2.16. The third-order valence-electron chi connectivity index (χ3n) is 2.81. The normalized spacial score (nSPS) is 12.3. The number of rotatable bonds is 3. The van der Waals surface area contributed by atoms with Crippen LogP contribution in [0.2, 0.25) is 10.0 Å². The molecule has 0 spiro atoms. The van der Waals surface area contributed by atoms with Gasteiger partial charge in [-0.05, 0) is 36.8 Å². The van der Waals surface area contributed by atoms with Crippen LogP contribution in [-0.4, -0.2) is 0 Å². The Bertz CT molecular complexity index is 623. The average molecular weight is 320 g/mol. The molecule has 20 heavy (non-hydrogen) atoms. The quantitative estimate of drug-likeness (QED) is 0.728. The van der Waals surface area contributed by atoms with Gasteiger partial charge in [-0.25, -0.2) is 13.2 Å². The van der Waals surface area contributed by atoms with E-state index in [1.54, 1.807) is 6.92 Å². The summed E-state index contributed by atoms with van der Waals surface area (Å²) in [6, 6.07) is 6.02. The lowest BCUT2D eigenvalue weighted by molar-refractivity contribution is 0.506. The lowest BCUT2D eigenvalue weighted by atomic mass is 10.1. The Kier molecular flexibility index (Phi) is 4.45. The Hall–Kier alpha value is -1.39. The molecule has 0 aliphatic heterocycles. The maximum atomic E-state index is 13.3. The molecule has 0 aliphatic carbocycles. The van der Waals surface area contributed by atoms with Crippen LogP contribution >= 0.6 is 23.2 Å². The molecule has 1 nitrogen and oxygen atoms in total. The first-order valence-corrected chi connectivity index (χ1v) is 6.50. The van der Waals surface area contributed by atoms with Crippen LogP contribution in [0.3, 0.4) is 0 Å². The molecule has 1 N–H and O–H groups in total. The van der Waals surface area contributed by atoms with Gasteiger partial charge in [-0.1, -0.05) is 29.3 Å². The molecular formula is C14H10Cl2F3N. The van der Waals surface area contributed by atoms with Crippen molar-refractivity contribution in [1.82, 2.24) is 0 Å². The average Bonchev–Trinajstić information content (AvgIpc) is 2.39. The molecule has 1 atom stereocenters. The Balaban J connectivity index is 2.23. The zero-order chi connectivity index (χ0) is 14.9. The van der Waals surface area contributed by atoms with Crippen LogP contribution in [0.1, 0.15) is 18.5 Å². The van der Waals surface area contributed by atoms with Gasteiger partial charge in [0.15, 0.2) is 17.5 Å². The van der Waals surface area contributed by atoms with Crippen LogP contribution in [0.4, 0.5) is 18.9 Å². The molecule has 106 valence electrons. The zero-order valence-corrected chi connectivity index (χ0v) is 11.9. The van der Waals surface area contributed by atoms with E-state index in [-0.39, 0.29) is 16.1 Å². The van der Waals surface area contributed by atoms with Crippen LogP contribution in [0, 0.1) is 17.5 Å². The molecule has 2 aromatic rings. The topological polar surface area (TPSA) is 12.0 Å². The SMILES string of the molecule is CC(Nc1cc(Cl)c(F)c(Cl)c1)c1ccc(F)c(F)c1. The number of hydrogen-bond donors (Lipinski definition) is 1. The van der Waals surface area contributed by atoms with Crippen molar-refractivity contribution in [3.05, 3.63) is 63.4 Å². The van der Waals surface area contributed by atoms with Crippen molar-refractivity contribution >= 4 is 28.9 Å². The Morgan fingerprint density at radius 3 is 2.10 bits per heavy atom. The van der Waals surface area contributed by atoms with Gasteiger partial charge in [0.05, 0.1) is 10.0 Å². The number of hydrogen-bond acceptors (Lipinski definition) is 1. The molecule has 1 unspecified atom stereocenters. The standard InChI is InChI=1S/C14H10Cl2F3N/c1-7(8-2-3-12(17)13(18)4-8)20-9-5-10(15)14(19)11(16)6-9/h2-7,20H,1H3. The van der Waals surface area contributed by atoms with E-state index < -0.39 is 17.5 Å². The maximum absolute atomic E-state index is 13.3. The molecule has 0 radical (unpaired) electrons. The summed E-state index contributed by atoms with van der Waals surface area (Å²) < 4.78 is 39.3. The predicted molar refractivity (Wildman–Crippen MR) is 74.8 cm³/mol. The molecule has 0 saturated heterocycles. The molecule has 2 rings (SSSR count). The van der Waals surface area contributed by atoms with Crippen molar-refractivity contribution in [3.63, 3.8) is 0 Å². The fourth-order valence-corrected chi connectivity index (χ4v) is 2.24. The largest absolute Gasteiger partial charge is 0.378 e. The Morgan fingerprint density at radius 2 is 1.55 bits per heavy atom. The molecule has 0 fully saturated rings. The molecule has 0 aliphatic rings. The molecule has 0 bridgehead atoms. The minimum Gasteiger partial charge on any atom is -0.378 e. The van der Waals surface area contributed by atoms with Crippen molar-refractivity contribution in [3.8, 4) is 0 Å². The van der Waals surface area contributed by atoms with E-state index in [4.69, 9.17) is 23.2 Å². The van der Waals surface area contributed by atoms with Crippen LogP contribution in [0.5, 0.6) is 0 Å². The highest BCUT2D eigenvalue weighted by Gasteiger charge is 2.12. The number of nitrogens with one attached hydrogen (secondary N) is 1. The minimum absolute atomic E-state index is 0.113. The number of halogens is 5. The fourth-order valence-electron chi connectivity index (χ4n) is 1.75. The summed E-state index contributed by atoms with van der Waals surface area (Å²) in [4.78, 5) is 0. The molecule has 0 heterocycles. The second-order valence-corrected chi connectivity index (χ2v) is 5.11. The van der Waals surface area contributed by atoms with Crippen LogP contribution in [0.15, 0.2) is 30.3 Å². The van der Waals surface area contributed by atoms with Crippen LogP contribution in [-0.2, 0) is 0 Å².